The van der Waals surface area contributed by atoms with E-state index in [9.17, 15) is 8.78 Å². The van der Waals surface area contributed by atoms with Crippen LogP contribution in [-0.2, 0) is 0 Å². The largest absolute Gasteiger partial charge is 0.371 e. The third kappa shape index (κ3) is 2.76. The Hall–Kier alpha value is -1.96. The molecule has 3 rings (SSSR count). The molecule has 0 saturated carbocycles. The van der Waals surface area contributed by atoms with Crippen LogP contribution < -0.4 is 15.1 Å². The second-order valence-electron chi connectivity index (χ2n) is 4.66. The number of anilines is 3. The molecule has 0 amide bonds. The minimum Gasteiger partial charge on any atom is -0.371 e. The molecule has 1 N–H and O–H groups in total. The lowest BCUT2D eigenvalue weighted by Crippen LogP contribution is -2.47. The molecule has 0 aliphatic carbocycles. The number of rotatable bonds is 3. The predicted molar refractivity (Wildman–Crippen MR) is 80.2 cm³/mol. The summed E-state index contributed by atoms with van der Waals surface area (Å²) in [5.74, 6) is -1.05. The van der Waals surface area contributed by atoms with E-state index in [1.807, 2.05) is 10.3 Å². The van der Waals surface area contributed by atoms with Crippen molar-refractivity contribution in [1.29, 1.82) is 0 Å². The van der Waals surface area contributed by atoms with Gasteiger partial charge in [-0.1, -0.05) is 0 Å². The van der Waals surface area contributed by atoms with Crippen molar-refractivity contribution in [1.82, 2.24) is 9.97 Å². The van der Waals surface area contributed by atoms with E-state index in [4.69, 9.17) is 0 Å². The van der Waals surface area contributed by atoms with E-state index in [1.54, 1.807) is 24.6 Å². The molecule has 0 spiro atoms. The summed E-state index contributed by atoms with van der Waals surface area (Å²) in [6, 6.07) is 0.876. The number of pyridine rings is 1. The minimum atomic E-state index is -0.680. The maximum Gasteiger partial charge on any atom is 0.185 e. The summed E-state index contributed by atoms with van der Waals surface area (Å²) in [4.78, 5) is 12.3. The maximum absolute atomic E-state index is 13.9. The van der Waals surface area contributed by atoms with Crippen LogP contribution in [0.15, 0.2) is 17.6 Å². The van der Waals surface area contributed by atoms with Gasteiger partial charge in [0.05, 0.1) is 0 Å². The van der Waals surface area contributed by atoms with Crippen LogP contribution in [0, 0.1) is 11.6 Å². The summed E-state index contributed by atoms with van der Waals surface area (Å²) in [5.41, 5.74) is 0. The van der Waals surface area contributed by atoms with Crippen molar-refractivity contribution in [2.45, 2.75) is 0 Å². The molecule has 1 aliphatic heterocycles. The van der Waals surface area contributed by atoms with Crippen molar-refractivity contribution < 1.29 is 8.78 Å². The van der Waals surface area contributed by atoms with Gasteiger partial charge in [-0.05, 0) is 0 Å². The van der Waals surface area contributed by atoms with Gasteiger partial charge in [0.1, 0.15) is 0 Å². The highest BCUT2D eigenvalue weighted by Gasteiger charge is 2.23. The lowest BCUT2D eigenvalue weighted by atomic mass is 10.3. The zero-order valence-electron chi connectivity index (χ0n) is 11.5. The van der Waals surface area contributed by atoms with Crippen LogP contribution in [0.25, 0.3) is 0 Å². The van der Waals surface area contributed by atoms with Gasteiger partial charge in [-0.15, -0.1) is 11.3 Å². The maximum atomic E-state index is 13.9. The molecule has 0 atom stereocenters. The number of nitrogens with one attached hydrogen (secondary N) is 1. The van der Waals surface area contributed by atoms with Gasteiger partial charge in [0.15, 0.2) is 28.4 Å². The van der Waals surface area contributed by atoms with E-state index in [0.29, 0.717) is 13.1 Å². The first-order valence-corrected chi connectivity index (χ1v) is 7.50. The fourth-order valence-corrected chi connectivity index (χ4v) is 3.03. The van der Waals surface area contributed by atoms with Gasteiger partial charge < -0.3 is 15.1 Å². The van der Waals surface area contributed by atoms with Crippen LogP contribution in [0.4, 0.5) is 25.5 Å². The van der Waals surface area contributed by atoms with E-state index in [1.165, 1.54) is 0 Å². The van der Waals surface area contributed by atoms with Gasteiger partial charge in [-0.2, -0.15) is 0 Å². The topological polar surface area (TPSA) is 44.3 Å². The lowest BCUT2D eigenvalue weighted by molar-refractivity contribution is 0.561. The molecular weight excluding hydrogens is 296 g/mol. The van der Waals surface area contributed by atoms with Gasteiger partial charge in [-0.3, -0.25) is 0 Å². The average Bonchev–Trinajstić information content (AvgIpc) is 3.02. The second-order valence-corrected chi connectivity index (χ2v) is 5.54. The molecule has 8 heteroatoms. The number of nitrogens with zero attached hydrogens (tertiary/aromatic N) is 4. The SMILES string of the molecule is CNc1nc(N2CCN(c3nccs3)CC2)c(F)cc1F. The van der Waals surface area contributed by atoms with Crippen LogP contribution in [0.3, 0.4) is 0 Å². The van der Waals surface area contributed by atoms with Crippen molar-refractivity contribution in [2.24, 2.45) is 0 Å². The number of piperazine rings is 1. The molecule has 1 aliphatic rings. The summed E-state index contributed by atoms with van der Waals surface area (Å²) in [6.45, 7) is 2.72. The predicted octanol–water partition coefficient (Wildman–Crippen LogP) is 2.18. The standard InChI is InChI=1S/C13H15F2N5S/c1-16-11-9(14)8-10(15)12(18-11)19-3-5-20(6-4-19)13-17-2-7-21-13/h2,7-8H,3-6H2,1H3,(H,16,18). The quantitative estimate of drug-likeness (QED) is 0.941. The van der Waals surface area contributed by atoms with Crippen LogP contribution >= 0.6 is 11.3 Å². The molecule has 5 nitrogen and oxygen atoms in total. The van der Waals surface area contributed by atoms with Gasteiger partial charge in [-0.25, -0.2) is 18.7 Å². The Morgan fingerprint density at radius 3 is 2.48 bits per heavy atom. The summed E-state index contributed by atoms with van der Waals surface area (Å²) in [5, 5.41) is 5.54. The van der Waals surface area contributed by atoms with Crippen LogP contribution in [0.2, 0.25) is 0 Å². The molecule has 0 unspecified atom stereocenters. The first kappa shape index (κ1) is 14.0. The number of halogens is 2. The highest BCUT2D eigenvalue weighted by atomic mass is 32.1. The van der Waals surface area contributed by atoms with Crippen molar-refractivity contribution in [3.05, 3.63) is 29.3 Å². The molecule has 112 valence electrons. The third-order valence-corrected chi connectivity index (χ3v) is 4.25. The molecule has 21 heavy (non-hydrogen) atoms. The monoisotopic (exact) mass is 311 g/mol. The number of aromatic nitrogens is 2. The Kier molecular flexibility index (Phi) is 3.87. The first-order valence-electron chi connectivity index (χ1n) is 6.62. The van der Waals surface area contributed by atoms with E-state index in [0.717, 1.165) is 24.3 Å². The van der Waals surface area contributed by atoms with Gasteiger partial charge in [0.2, 0.25) is 0 Å². The number of thiazole rings is 1. The third-order valence-electron chi connectivity index (χ3n) is 3.42. The molecule has 0 radical (unpaired) electrons. The van der Waals surface area contributed by atoms with Crippen molar-refractivity contribution in [3.63, 3.8) is 0 Å². The zero-order chi connectivity index (χ0) is 14.8. The van der Waals surface area contributed by atoms with Crippen LogP contribution in [0.1, 0.15) is 0 Å². The molecule has 3 heterocycles. The highest BCUT2D eigenvalue weighted by molar-refractivity contribution is 7.13. The van der Waals surface area contributed by atoms with E-state index in [2.05, 4.69) is 20.2 Å². The van der Waals surface area contributed by atoms with Gasteiger partial charge in [0, 0.05) is 50.9 Å². The molecule has 0 aromatic carbocycles. The molecule has 2 aromatic rings. The molecule has 2 aromatic heterocycles. The fraction of sp³-hybridized carbons (Fsp3) is 0.385. The Balaban J connectivity index is 1.75. The minimum absolute atomic E-state index is 0.0637. The Morgan fingerprint density at radius 2 is 1.86 bits per heavy atom. The average molecular weight is 311 g/mol. The first-order chi connectivity index (χ1) is 10.2. The molecule has 1 fully saturated rings. The lowest BCUT2D eigenvalue weighted by Gasteiger charge is -2.35. The summed E-state index contributed by atoms with van der Waals surface area (Å²) >= 11 is 1.58. The molecule has 0 bridgehead atoms. The summed E-state index contributed by atoms with van der Waals surface area (Å²) < 4.78 is 27.4. The zero-order valence-corrected chi connectivity index (χ0v) is 12.3. The summed E-state index contributed by atoms with van der Waals surface area (Å²) in [7, 11) is 1.56. The summed E-state index contributed by atoms with van der Waals surface area (Å²) in [6.07, 6.45) is 1.77. The highest BCUT2D eigenvalue weighted by Crippen LogP contribution is 2.25. The van der Waals surface area contributed by atoms with E-state index in [-0.39, 0.29) is 11.6 Å². The van der Waals surface area contributed by atoms with E-state index >= 15 is 0 Å². The Bertz CT molecular complexity index is 611. The Labute approximate surface area is 125 Å². The second kappa shape index (κ2) is 5.80. The number of hydrogen-bond acceptors (Lipinski definition) is 6. The van der Waals surface area contributed by atoms with E-state index < -0.39 is 11.6 Å². The van der Waals surface area contributed by atoms with Crippen molar-refractivity contribution in [2.75, 3.05) is 48.3 Å². The normalized spacial score (nSPS) is 15.4. The van der Waals surface area contributed by atoms with Crippen molar-refractivity contribution in [3.8, 4) is 0 Å². The van der Waals surface area contributed by atoms with Crippen LogP contribution in [0.5, 0.6) is 0 Å². The van der Waals surface area contributed by atoms with Gasteiger partial charge >= 0.3 is 0 Å². The number of hydrogen-bond donors (Lipinski definition) is 1. The van der Waals surface area contributed by atoms with Crippen LogP contribution in [-0.4, -0.2) is 43.2 Å². The molecular formula is C13H15F2N5S. The van der Waals surface area contributed by atoms with Crippen molar-refractivity contribution >= 4 is 28.1 Å². The Morgan fingerprint density at radius 1 is 1.14 bits per heavy atom. The van der Waals surface area contributed by atoms with Gasteiger partial charge in [0.25, 0.3) is 0 Å². The molecule has 1 saturated heterocycles. The fourth-order valence-electron chi connectivity index (χ4n) is 2.34. The smallest absolute Gasteiger partial charge is 0.185 e.